The van der Waals surface area contributed by atoms with Gasteiger partial charge < -0.3 is 15.5 Å². The largest absolute Gasteiger partial charge is 0.416 e. The molecule has 1 aliphatic heterocycles. The number of carbonyl (C=O) groups excluding carboxylic acids is 3. The Labute approximate surface area is 205 Å². The number of amides is 3. The third-order valence-electron chi connectivity index (χ3n) is 7.16. The first-order valence-corrected chi connectivity index (χ1v) is 11.9. The minimum absolute atomic E-state index is 0.0101. The number of benzene rings is 2. The van der Waals surface area contributed by atoms with Gasteiger partial charge in [-0.15, -0.1) is 0 Å². The number of likely N-dealkylation sites (tertiary alicyclic amines) is 1. The molecule has 6 nitrogen and oxygen atoms in total. The zero-order chi connectivity index (χ0) is 25.8. The van der Waals surface area contributed by atoms with E-state index >= 15 is 0 Å². The zero-order valence-electron chi connectivity index (χ0n) is 19.4. The number of rotatable bonds is 6. The lowest BCUT2D eigenvalue weighted by Gasteiger charge is -2.30. The molecule has 36 heavy (non-hydrogen) atoms. The molecule has 1 heterocycles. The Morgan fingerprint density at radius 2 is 1.78 bits per heavy atom. The van der Waals surface area contributed by atoms with Gasteiger partial charge in [0.2, 0.25) is 11.8 Å². The molecule has 2 N–H and O–H groups in total. The topological polar surface area (TPSA) is 78.5 Å². The highest BCUT2D eigenvalue weighted by molar-refractivity contribution is 6.05. The van der Waals surface area contributed by atoms with Crippen LogP contribution in [0.4, 0.5) is 23.2 Å². The van der Waals surface area contributed by atoms with E-state index in [-0.39, 0.29) is 40.8 Å². The van der Waals surface area contributed by atoms with Crippen molar-refractivity contribution in [3.63, 3.8) is 0 Å². The summed E-state index contributed by atoms with van der Waals surface area (Å²) in [6.07, 6.45) is -2.01. The van der Waals surface area contributed by atoms with Crippen molar-refractivity contribution in [2.45, 2.75) is 56.9 Å². The van der Waals surface area contributed by atoms with Crippen molar-refractivity contribution in [1.82, 2.24) is 10.2 Å². The number of piperidine rings is 1. The Bertz CT molecular complexity index is 1230. The quantitative estimate of drug-likeness (QED) is 0.563. The Balaban J connectivity index is 1.38. The van der Waals surface area contributed by atoms with E-state index in [4.69, 9.17) is 0 Å². The predicted octanol–water partition coefficient (Wildman–Crippen LogP) is 4.67. The lowest BCUT2D eigenvalue weighted by atomic mass is 9.98. The van der Waals surface area contributed by atoms with Gasteiger partial charge in [-0.05, 0) is 61.8 Å². The second-order valence-corrected chi connectivity index (χ2v) is 9.81. The van der Waals surface area contributed by atoms with Gasteiger partial charge >= 0.3 is 6.18 Å². The molecule has 2 saturated carbocycles. The van der Waals surface area contributed by atoms with Crippen molar-refractivity contribution in [1.29, 1.82) is 0 Å². The molecular formula is C26H25F4N3O3. The van der Waals surface area contributed by atoms with Crippen LogP contribution in [0.1, 0.15) is 60.1 Å². The van der Waals surface area contributed by atoms with Gasteiger partial charge in [-0.25, -0.2) is 4.39 Å². The predicted molar refractivity (Wildman–Crippen MR) is 122 cm³/mol. The minimum atomic E-state index is -4.67. The summed E-state index contributed by atoms with van der Waals surface area (Å²) in [7, 11) is 0. The molecule has 10 heteroatoms. The van der Waals surface area contributed by atoms with Crippen LogP contribution in [-0.2, 0) is 15.8 Å². The molecule has 190 valence electrons. The zero-order valence-corrected chi connectivity index (χ0v) is 19.4. The number of hydrogen-bond donors (Lipinski definition) is 2. The van der Waals surface area contributed by atoms with E-state index < -0.39 is 35.5 Å². The summed E-state index contributed by atoms with van der Waals surface area (Å²) >= 11 is 0. The molecule has 0 spiro atoms. The molecule has 4 atom stereocenters. The van der Waals surface area contributed by atoms with E-state index in [1.807, 2.05) is 0 Å². The first kappa shape index (κ1) is 24.3. The SMILES string of the molecule is CC(=O)Nc1ccccc1C(=O)N1[C@@H](C(=O)NC(c2ccc(C(F)(F)F)cc2F)C2CC2)C[C@H]2C[C@H]21. The van der Waals surface area contributed by atoms with E-state index in [1.165, 1.54) is 11.8 Å². The molecule has 2 aromatic carbocycles. The molecule has 0 aromatic heterocycles. The van der Waals surface area contributed by atoms with Gasteiger partial charge in [0.25, 0.3) is 5.91 Å². The highest BCUT2D eigenvalue weighted by atomic mass is 19.4. The first-order chi connectivity index (χ1) is 17.0. The van der Waals surface area contributed by atoms with Crippen molar-refractivity contribution < 1.29 is 31.9 Å². The number of halogens is 4. The van der Waals surface area contributed by atoms with Crippen LogP contribution in [-0.4, -0.2) is 34.7 Å². The standard InChI is InChI=1S/C26H25F4N3O3/c1-13(34)31-20-5-3-2-4-18(20)25(36)33-21-10-15(21)11-22(33)24(35)32-23(14-6-7-14)17-9-8-16(12-19(17)27)26(28,29)30/h2-5,8-9,12,14-15,21-23H,6-7,10-11H2,1H3,(H,31,34)(H,32,35)/t15-,21-,22-,23?/m1/s1. The highest BCUT2D eigenvalue weighted by Gasteiger charge is 2.56. The second kappa shape index (κ2) is 8.90. The summed E-state index contributed by atoms with van der Waals surface area (Å²) in [6.45, 7) is 1.34. The lowest BCUT2D eigenvalue weighted by molar-refractivity contribution is -0.137. The van der Waals surface area contributed by atoms with Crippen LogP contribution in [0.2, 0.25) is 0 Å². The first-order valence-electron chi connectivity index (χ1n) is 11.9. The molecule has 2 aromatic rings. The number of nitrogens with one attached hydrogen (secondary N) is 2. The molecular weight excluding hydrogens is 478 g/mol. The van der Waals surface area contributed by atoms with Crippen molar-refractivity contribution in [3.8, 4) is 0 Å². The number of para-hydroxylation sites is 1. The number of anilines is 1. The van der Waals surface area contributed by atoms with Gasteiger partial charge in [0.15, 0.2) is 0 Å². The van der Waals surface area contributed by atoms with Crippen LogP contribution in [0.5, 0.6) is 0 Å². The summed E-state index contributed by atoms with van der Waals surface area (Å²) in [4.78, 5) is 40.0. The Kier molecular flexibility index (Phi) is 6.00. The fourth-order valence-electron chi connectivity index (χ4n) is 5.17. The van der Waals surface area contributed by atoms with Gasteiger partial charge in [0.05, 0.1) is 22.9 Å². The number of carbonyl (C=O) groups is 3. The molecule has 0 radical (unpaired) electrons. The average Bonchev–Trinajstić information content (AvgIpc) is 3.74. The summed E-state index contributed by atoms with van der Waals surface area (Å²) in [6, 6.07) is 7.26. The van der Waals surface area contributed by atoms with E-state index in [0.29, 0.717) is 31.0 Å². The third kappa shape index (κ3) is 4.68. The molecule has 5 rings (SSSR count). The third-order valence-corrected chi connectivity index (χ3v) is 7.16. The number of hydrogen-bond acceptors (Lipinski definition) is 3. The van der Waals surface area contributed by atoms with Crippen LogP contribution in [0.25, 0.3) is 0 Å². The van der Waals surface area contributed by atoms with Crippen LogP contribution < -0.4 is 10.6 Å². The Hall–Kier alpha value is -3.43. The van der Waals surface area contributed by atoms with Gasteiger partial charge in [0.1, 0.15) is 11.9 Å². The highest BCUT2D eigenvalue weighted by Crippen LogP contribution is 2.49. The minimum Gasteiger partial charge on any atom is -0.347 e. The maximum atomic E-state index is 14.7. The van der Waals surface area contributed by atoms with Gasteiger partial charge in [0, 0.05) is 18.5 Å². The molecule has 3 aliphatic rings. The smallest absolute Gasteiger partial charge is 0.347 e. The normalized spacial score (nSPS) is 23.6. The van der Waals surface area contributed by atoms with Gasteiger partial charge in [-0.2, -0.15) is 13.2 Å². The maximum absolute atomic E-state index is 14.7. The van der Waals surface area contributed by atoms with Crippen molar-refractivity contribution in [2.75, 3.05) is 5.32 Å². The summed E-state index contributed by atoms with van der Waals surface area (Å²) in [5.41, 5.74) is -0.461. The van der Waals surface area contributed by atoms with Crippen LogP contribution >= 0.6 is 0 Å². The lowest BCUT2D eigenvalue weighted by Crippen LogP contribution is -2.49. The Morgan fingerprint density at radius 1 is 1.06 bits per heavy atom. The average molecular weight is 503 g/mol. The molecule has 0 bridgehead atoms. The summed E-state index contributed by atoms with van der Waals surface area (Å²) in [5, 5.41) is 5.48. The molecule has 1 unspecified atom stereocenters. The van der Waals surface area contributed by atoms with E-state index in [2.05, 4.69) is 10.6 Å². The van der Waals surface area contributed by atoms with E-state index in [9.17, 15) is 31.9 Å². The van der Waals surface area contributed by atoms with E-state index in [0.717, 1.165) is 18.6 Å². The van der Waals surface area contributed by atoms with E-state index in [1.54, 1.807) is 24.3 Å². The van der Waals surface area contributed by atoms with Crippen LogP contribution in [0, 0.1) is 17.7 Å². The molecule has 3 fully saturated rings. The molecule has 3 amide bonds. The van der Waals surface area contributed by atoms with Crippen molar-refractivity contribution in [3.05, 3.63) is 65.0 Å². The Morgan fingerprint density at radius 3 is 2.42 bits per heavy atom. The second-order valence-electron chi connectivity index (χ2n) is 9.81. The monoisotopic (exact) mass is 503 g/mol. The molecule has 1 saturated heterocycles. The van der Waals surface area contributed by atoms with Crippen molar-refractivity contribution in [2.24, 2.45) is 11.8 Å². The van der Waals surface area contributed by atoms with Gasteiger partial charge in [-0.3, -0.25) is 14.4 Å². The summed E-state index contributed by atoms with van der Waals surface area (Å²) in [5.74, 6) is -2.09. The fraction of sp³-hybridized carbons (Fsp3) is 0.423. The fourth-order valence-corrected chi connectivity index (χ4v) is 5.17. The number of alkyl halides is 3. The molecule has 2 aliphatic carbocycles. The van der Waals surface area contributed by atoms with Crippen LogP contribution in [0.15, 0.2) is 42.5 Å². The van der Waals surface area contributed by atoms with Crippen LogP contribution in [0.3, 0.4) is 0 Å². The van der Waals surface area contributed by atoms with Crippen molar-refractivity contribution >= 4 is 23.4 Å². The number of fused-ring (bicyclic) bond motifs is 1. The number of nitrogens with zero attached hydrogens (tertiary/aromatic N) is 1. The summed E-state index contributed by atoms with van der Waals surface area (Å²) < 4.78 is 53.7. The maximum Gasteiger partial charge on any atom is 0.416 e. The van der Waals surface area contributed by atoms with Gasteiger partial charge in [-0.1, -0.05) is 18.2 Å².